The average Bonchev–Trinajstić information content (AvgIpc) is 2.83. The van der Waals surface area contributed by atoms with Crippen LogP contribution in [0.15, 0.2) is 12.1 Å². The van der Waals surface area contributed by atoms with Crippen LogP contribution in [0.2, 0.25) is 4.34 Å². The summed E-state index contributed by atoms with van der Waals surface area (Å²) in [6, 6.07) is 3.47. The lowest BCUT2D eigenvalue weighted by Gasteiger charge is -2.38. The molecule has 1 aromatic heterocycles. The zero-order valence-corrected chi connectivity index (χ0v) is 12.0. The number of rotatable bonds is 4. The molecule has 1 aliphatic heterocycles. The normalized spacial score (nSPS) is 22.9. The fourth-order valence-electron chi connectivity index (χ4n) is 2.53. The number of hydrogen-bond donors (Lipinski definition) is 1. The number of Topliss-reactive ketones (excluding diaryl/α,β-unsaturated/α-hetero) is 1. The van der Waals surface area contributed by atoms with Gasteiger partial charge in [-0.05, 0) is 38.4 Å². The van der Waals surface area contributed by atoms with E-state index in [4.69, 9.17) is 11.6 Å². The Morgan fingerprint density at radius 3 is 3.00 bits per heavy atom. The highest BCUT2D eigenvalue weighted by molar-refractivity contribution is 7.18. The molecule has 0 aliphatic carbocycles. The van der Waals surface area contributed by atoms with Crippen LogP contribution < -0.4 is 0 Å². The van der Waals surface area contributed by atoms with Gasteiger partial charge >= 0.3 is 0 Å². The number of piperidine rings is 1. The molecule has 0 spiro atoms. The lowest BCUT2D eigenvalue weighted by atomic mass is 9.99. The molecule has 2 unspecified atom stereocenters. The Hall–Kier alpha value is -0.420. The van der Waals surface area contributed by atoms with E-state index in [1.807, 2.05) is 6.92 Å². The van der Waals surface area contributed by atoms with Crippen molar-refractivity contribution in [2.75, 3.05) is 13.2 Å². The van der Waals surface area contributed by atoms with Crippen LogP contribution in [0.4, 0.5) is 0 Å². The Labute approximate surface area is 116 Å². The summed E-state index contributed by atoms with van der Waals surface area (Å²) in [5, 5.41) is 9.40. The minimum atomic E-state index is -0.183. The van der Waals surface area contributed by atoms with E-state index >= 15 is 0 Å². The Kier molecular flexibility index (Phi) is 4.78. The van der Waals surface area contributed by atoms with Crippen LogP contribution in [0, 0.1) is 0 Å². The summed E-state index contributed by atoms with van der Waals surface area (Å²) in [6.07, 6.45) is 3.20. The molecule has 1 saturated heterocycles. The van der Waals surface area contributed by atoms with E-state index in [1.165, 1.54) is 11.3 Å². The molecule has 0 radical (unpaired) electrons. The molecule has 0 aromatic carbocycles. The predicted octanol–water partition coefficient (Wildman–Crippen LogP) is 2.82. The zero-order valence-electron chi connectivity index (χ0n) is 10.4. The summed E-state index contributed by atoms with van der Waals surface area (Å²) in [7, 11) is 0. The van der Waals surface area contributed by atoms with Crippen LogP contribution in [-0.4, -0.2) is 41.0 Å². The van der Waals surface area contributed by atoms with Gasteiger partial charge in [-0.2, -0.15) is 0 Å². The molecule has 18 heavy (non-hydrogen) atoms. The van der Waals surface area contributed by atoms with Crippen LogP contribution in [-0.2, 0) is 0 Å². The average molecular weight is 288 g/mol. The van der Waals surface area contributed by atoms with E-state index in [-0.39, 0.29) is 24.5 Å². The monoisotopic (exact) mass is 287 g/mol. The van der Waals surface area contributed by atoms with Crippen LogP contribution in [0.5, 0.6) is 0 Å². The van der Waals surface area contributed by atoms with Crippen molar-refractivity contribution in [2.45, 2.75) is 38.3 Å². The van der Waals surface area contributed by atoms with Crippen LogP contribution in [0.1, 0.15) is 35.9 Å². The first-order valence-electron chi connectivity index (χ1n) is 6.29. The van der Waals surface area contributed by atoms with Crippen molar-refractivity contribution < 1.29 is 9.90 Å². The van der Waals surface area contributed by atoms with E-state index in [1.54, 1.807) is 12.1 Å². The Morgan fingerprint density at radius 2 is 2.39 bits per heavy atom. The standard InChI is InChI=1S/C13H18ClNO2S/c1-9(13(17)11-5-6-12(14)18-11)15-7-3-2-4-10(15)8-16/h5-6,9-10,16H,2-4,7-8H2,1H3. The number of hydrogen-bond acceptors (Lipinski definition) is 4. The van der Waals surface area contributed by atoms with Crippen molar-refractivity contribution in [2.24, 2.45) is 0 Å². The SMILES string of the molecule is CC(C(=O)c1ccc(Cl)s1)N1CCCCC1CO. The molecule has 2 heterocycles. The van der Waals surface area contributed by atoms with Gasteiger partial charge in [0.25, 0.3) is 0 Å². The van der Waals surface area contributed by atoms with Crippen LogP contribution in [0.25, 0.3) is 0 Å². The largest absolute Gasteiger partial charge is 0.395 e. The molecule has 5 heteroatoms. The first kappa shape index (κ1) is 14.0. The summed E-state index contributed by atoms with van der Waals surface area (Å²) in [4.78, 5) is 15.2. The molecule has 2 atom stereocenters. The quantitative estimate of drug-likeness (QED) is 0.866. The molecule has 0 amide bonds. The summed E-state index contributed by atoms with van der Waals surface area (Å²) < 4.78 is 0.642. The van der Waals surface area contributed by atoms with Crippen molar-refractivity contribution in [1.29, 1.82) is 0 Å². The van der Waals surface area contributed by atoms with Gasteiger partial charge in [-0.3, -0.25) is 9.69 Å². The van der Waals surface area contributed by atoms with Gasteiger partial charge in [0.15, 0.2) is 5.78 Å². The summed E-state index contributed by atoms with van der Waals surface area (Å²) in [5.74, 6) is 0.104. The fraction of sp³-hybridized carbons (Fsp3) is 0.615. The highest BCUT2D eigenvalue weighted by Gasteiger charge is 2.30. The predicted molar refractivity (Wildman–Crippen MR) is 74.6 cm³/mol. The second-order valence-corrected chi connectivity index (χ2v) is 6.43. The molecule has 2 rings (SSSR count). The third-order valence-electron chi connectivity index (χ3n) is 3.58. The molecule has 100 valence electrons. The molecule has 0 saturated carbocycles. The number of aliphatic hydroxyl groups is 1. The molecule has 1 aliphatic rings. The van der Waals surface area contributed by atoms with E-state index < -0.39 is 0 Å². The Bertz CT molecular complexity index is 421. The zero-order chi connectivity index (χ0) is 13.1. The second-order valence-electron chi connectivity index (χ2n) is 4.71. The minimum Gasteiger partial charge on any atom is -0.395 e. The third kappa shape index (κ3) is 2.94. The second kappa shape index (κ2) is 6.15. The molecule has 0 bridgehead atoms. The van der Waals surface area contributed by atoms with Crippen molar-refractivity contribution in [1.82, 2.24) is 4.90 Å². The van der Waals surface area contributed by atoms with Gasteiger partial charge < -0.3 is 5.11 Å². The van der Waals surface area contributed by atoms with Crippen molar-refractivity contribution in [3.05, 3.63) is 21.3 Å². The number of carbonyl (C=O) groups is 1. The number of carbonyl (C=O) groups excluding carboxylic acids is 1. The molecular weight excluding hydrogens is 270 g/mol. The van der Waals surface area contributed by atoms with Gasteiger partial charge in [-0.15, -0.1) is 11.3 Å². The lowest BCUT2D eigenvalue weighted by molar-refractivity contribution is 0.0494. The van der Waals surface area contributed by atoms with E-state index in [2.05, 4.69) is 4.90 Å². The van der Waals surface area contributed by atoms with Gasteiger partial charge in [-0.1, -0.05) is 18.0 Å². The Morgan fingerprint density at radius 1 is 1.61 bits per heavy atom. The maximum absolute atomic E-state index is 12.3. The van der Waals surface area contributed by atoms with E-state index in [0.717, 1.165) is 25.8 Å². The highest BCUT2D eigenvalue weighted by atomic mass is 35.5. The van der Waals surface area contributed by atoms with Gasteiger partial charge in [0.1, 0.15) is 0 Å². The minimum absolute atomic E-state index is 0.104. The third-order valence-corrected chi connectivity index (χ3v) is 4.82. The first-order chi connectivity index (χ1) is 8.63. The maximum Gasteiger partial charge on any atom is 0.189 e. The van der Waals surface area contributed by atoms with Gasteiger partial charge in [0.2, 0.25) is 0 Å². The van der Waals surface area contributed by atoms with Gasteiger partial charge in [-0.25, -0.2) is 0 Å². The summed E-state index contributed by atoms with van der Waals surface area (Å²) in [6.45, 7) is 2.93. The Balaban J connectivity index is 2.09. The topological polar surface area (TPSA) is 40.5 Å². The number of likely N-dealkylation sites (tertiary alicyclic amines) is 1. The summed E-state index contributed by atoms with van der Waals surface area (Å²) >= 11 is 7.19. The number of nitrogens with zero attached hydrogens (tertiary/aromatic N) is 1. The number of halogens is 1. The maximum atomic E-state index is 12.3. The molecule has 1 N–H and O–H groups in total. The van der Waals surface area contributed by atoms with Gasteiger partial charge in [0, 0.05) is 6.04 Å². The van der Waals surface area contributed by atoms with Crippen LogP contribution in [0.3, 0.4) is 0 Å². The number of thiophene rings is 1. The van der Waals surface area contributed by atoms with E-state index in [9.17, 15) is 9.90 Å². The number of ketones is 1. The molecule has 1 fully saturated rings. The van der Waals surface area contributed by atoms with E-state index in [0.29, 0.717) is 9.21 Å². The smallest absolute Gasteiger partial charge is 0.189 e. The van der Waals surface area contributed by atoms with Crippen molar-refractivity contribution in [3.63, 3.8) is 0 Å². The summed E-state index contributed by atoms with van der Waals surface area (Å²) in [5.41, 5.74) is 0. The van der Waals surface area contributed by atoms with Crippen LogP contribution >= 0.6 is 22.9 Å². The molecule has 1 aromatic rings. The molecule has 3 nitrogen and oxygen atoms in total. The van der Waals surface area contributed by atoms with Gasteiger partial charge in [0.05, 0.1) is 21.9 Å². The first-order valence-corrected chi connectivity index (χ1v) is 7.49. The highest BCUT2D eigenvalue weighted by Crippen LogP contribution is 2.26. The fourth-order valence-corrected chi connectivity index (χ4v) is 3.60. The molecular formula is C13H18ClNO2S. The van der Waals surface area contributed by atoms with Crippen molar-refractivity contribution in [3.8, 4) is 0 Å². The van der Waals surface area contributed by atoms with Crippen molar-refractivity contribution >= 4 is 28.7 Å². The lowest BCUT2D eigenvalue weighted by Crippen LogP contribution is -2.49. The number of aliphatic hydroxyl groups excluding tert-OH is 1.